The van der Waals surface area contributed by atoms with E-state index in [1.807, 2.05) is 18.0 Å². The predicted octanol–water partition coefficient (Wildman–Crippen LogP) is 2.04. The number of amides is 2. The predicted molar refractivity (Wildman–Crippen MR) is 95.1 cm³/mol. The highest BCUT2D eigenvalue weighted by Crippen LogP contribution is 2.49. The molecule has 0 spiro atoms. The molecule has 1 N–H and O–H groups in total. The first-order valence-corrected chi connectivity index (χ1v) is 9.13. The summed E-state index contributed by atoms with van der Waals surface area (Å²) in [7, 11) is 4.04. The zero-order chi connectivity index (χ0) is 17.4. The average Bonchev–Trinajstić information content (AvgIpc) is 3.05. The molecule has 25 heavy (non-hydrogen) atoms. The Balaban J connectivity index is 1.32. The summed E-state index contributed by atoms with van der Waals surface area (Å²) in [4.78, 5) is 16.6. The van der Waals surface area contributed by atoms with Crippen LogP contribution in [0.5, 0.6) is 11.5 Å². The van der Waals surface area contributed by atoms with E-state index in [2.05, 4.69) is 29.4 Å². The molecule has 2 heterocycles. The number of fused-ring (bicyclic) bond motifs is 1. The van der Waals surface area contributed by atoms with Gasteiger partial charge in [-0.1, -0.05) is 6.07 Å². The topological polar surface area (TPSA) is 54.0 Å². The number of carbonyl (C=O) groups is 1. The average molecular weight is 345 g/mol. The van der Waals surface area contributed by atoms with Crippen LogP contribution in [0.3, 0.4) is 0 Å². The first-order valence-electron chi connectivity index (χ1n) is 9.13. The first kappa shape index (κ1) is 16.5. The number of carbonyl (C=O) groups excluding carboxylic acids is 1. The van der Waals surface area contributed by atoms with Crippen molar-refractivity contribution in [1.29, 1.82) is 0 Å². The quantitative estimate of drug-likeness (QED) is 0.887. The van der Waals surface area contributed by atoms with E-state index in [9.17, 15) is 4.79 Å². The standard InChI is InChI=1S/C19H27N3O3/c1-21-8-5-14(10-21)11-22(2)18(23)20-12-19(6-7-19)15-3-4-16-17(9-15)25-13-24-16/h3-4,9,14H,5-8,10-13H2,1-2H3,(H,20,23)/t14-/m1/s1. The number of benzene rings is 1. The van der Waals surface area contributed by atoms with Gasteiger partial charge in [0.15, 0.2) is 11.5 Å². The molecule has 2 aliphatic heterocycles. The smallest absolute Gasteiger partial charge is 0.317 e. The van der Waals surface area contributed by atoms with Crippen LogP contribution in [0.1, 0.15) is 24.8 Å². The van der Waals surface area contributed by atoms with Gasteiger partial charge in [0.05, 0.1) is 0 Å². The second-order valence-corrected chi connectivity index (χ2v) is 7.80. The summed E-state index contributed by atoms with van der Waals surface area (Å²) in [6.45, 7) is 4.02. The van der Waals surface area contributed by atoms with Crippen LogP contribution in [0.4, 0.5) is 4.79 Å². The van der Waals surface area contributed by atoms with Gasteiger partial charge in [0.2, 0.25) is 6.79 Å². The van der Waals surface area contributed by atoms with Crippen LogP contribution >= 0.6 is 0 Å². The summed E-state index contributed by atoms with van der Waals surface area (Å²) in [5.74, 6) is 2.21. The van der Waals surface area contributed by atoms with Crippen molar-refractivity contribution in [2.75, 3.05) is 47.1 Å². The van der Waals surface area contributed by atoms with E-state index in [1.165, 1.54) is 12.0 Å². The molecule has 1 aromatic carbocycles. The molecule has 1 saturated heterocycles. The van der Waals surface area contributed by atoms with E-state index in [1.54, 1.807) is 0 Å². The molecule has 0 radical (unpaired) electrons. The maximum atomic E-state index is 12.5. The number of urea groups is 1. The van der Waals surface area contributed by atoms with Gasteiger partial charge < -0.3 is 24.6 Å². The summed E-state index contributed by atoms with van der Waals surface area (Å²) < 4.78 is 10.9. The Morgan fingerprint density at radius 3 is 2.88 bits per heavy atom. The van der Waals surface area contributed by atoms with Gasteiger partial charge in [0.25, 0.3) is 0 Å². The van der Waals surface area contributed by atoms with E-state index < -0.39 is 0 Å². The molecule has 0 unspecified atom stereocenters. The highest BCUT2D eigenvalue weighted by molar-refractivity contribution is 5.74. The molecular weight excluding hydrogens is 318 g/mol. The van der Waals surface area contributed by atoms with Crippen LogP contribution in [-0.2, 0) is 5.41 Å². The summed E-state index contributed by atoms with van der Waals surface area (Å²) >= 11 is 0. The van der Waals surface area contributed by atoms with Crippen molar-refractivity contribution in [3.63, 3.8) is 0 Å². The zero-order valence-electron chi connectivity index (χ0n) is 15.1. The molecule has 1 saturated carbocycles. The third-order valence-corrected chi connectivity index (χ3v) is 5.78. The van der Waals surface area contributed by atoms with Gasteiger partial charge in [-0.15, -0.1) is 0 Å². The molecule has 4 rings (SSSR count). The lowest BCUT2D eigenvalue weighted by Crippen LogP contribution is -2.43. The highest BCUT2D eigenvalue weighted by atomic mass is 16.7. The van der Waals surface area contributed by atoms with Crippen LogP contribution < -0.4 is 14.8 Å². The molecule has 1 atom stereocenters. The van der Waals surface area contributed by atoms with Crippen molar-refractivity contribution in [3.05, 3.63) is 23.8 Å². The van der Waals surface area contributed by atoms with Crippen LogP contribution in [0, 0.1) is 5.92 Å². The molecule has 1 aliphatic carbocycles. The Hall–Kier alpha value is -1.95. The number of ether oxygens (including phenoxy) is 2. The maximum absolute atomic E-state index is 12.5. The number of nitrogens with one attached hydrogen (secondary N) is 1. The zero-order valence-corrected chi connectivity index (χ0v) is 15.1. The van der Waals surface area contributed by atoms with Gasteiger partial charge in [-0.05, 0) is 56.5 Å². The third kappa shape index (κ3) is 3.40. The molecule has 6 heteroatoms. The molecule has 0 aromatic heterocycles. The second-order valence-electron chi connectivity index (χ2n) is 7.80. The number of likely N-dealkylation sites (tertiary alicyclic amines) is 1. The van der Waals surface area contributed by atoms with Crippen molar-refractivity contribution in [3.8, 4) is 11.5 Å². The molecular formula is C19H27N3O3. The molecule has 6 nitrogen and oxygen atoms in total. The summed E-state index contributed by atoms with van der Waals surface area (Å²) in [6.07, 6.45) is 3.38. The van der Waals surface area contributed by atoms with E-state index in [0.717, 1.165) is 44.0 Å². The Morgan fingerprint density at radius 2 is 2.16 bits per heavy atom. The molecule has 2 fully saturated rings. The number of nitrogens with zero attached hydrogens (tertiary/aromatic N) is 2. The Labute approximate surface area is 149 Å². The Bertz CT molecular complexity index is 659. The van der Waals surface area contributed by atoms with Gasteiger partial charge >= 0.3 is 6.03 Å². The van der Waals surface area contributed by atoms with Crippen molar-refractivity contribution in [1.82, 2.24) is 15.1 Å². The third-order valence-electron chi connectivity index (χ3n) is 5.78. The lowest BCUT2D eigenvalue weighted by atomic mass is 9.95. The van der Waals surface area contributed by atoms with Crippen molar-refractivity contribution in [2.24, 2.45) is 5.92 Å². The largest absolute Gasteiger partial charge is 0.454 e. The van der Waals surface area contributed by atoms with Gasteiger partial charge in [-0.2, -0.15) is 0 Å². The summed E-state index contributed by atoms with van der Waals surface area (Å²) in [5, 5.41) is 3.14. The van der Waals surface area contributed by atoms with E-state index in [4.69, 9.17) is 9.47 Å². The lowest BCUT2D eigenvalue weighted by molar-refractivity contribution is 0.174. The fraction of sp³-hybridized carbons (Fsp3) is 0.632. The normalized spacial score (nSPS) is 23.5. The fourth-order valence-corrected chi connectivity index (χ4v) is 3.97. The summed E-state index contributed by atoms with van der Waals surface area (Å²) in [6, 6.07) is 6.17. The molecule has 1 aromatic rings. The van der Waals surface area contributed by atoms with Gasteiger partial charge in [-0.3, -0.25) is 0 Å². The number of rotatable bonds is 5. The van der Waals surface area contributed by atoms with Crippen LogP contribution in [0.15, 0.2) is 18.2 Å². The van der Waals surface area contributed by atoms with E-state index in [0.29, 0.717) is 19.3 Å². The van der Waals surface area contributed by atoms with Gasteiger partial charge in [0, 0.05) is 32.1 Å². The Kier molecular flexibility index (Phi) is 4.23. The molecule has 136 valence electrons. The van der Waals surface area contributed by atoms with Crippen molar-refractivity contribution < 1.29 is 14.3 Å². The first-order chi connectivity index (χ1) is 12.1. The second kappa shape index (κ2) is 6.41. The number of hydrogen-bond acceptors (Lipinski definition) is 4. The van der Waals surface area contributed by atoms with Gasteiger partial charge in [-0.25, -0.2) is 4.79 Å². The number of hydrogen-bond donors (Lipinski definition) is 1. The van der Waals surface area contributed by atoms with E-state index >= 15 is 0 Å². The van der Waals surface area contributed by atoms with Crippen molar-refractivity contribution >= 4 is 6.03 Å². The minimum absolute atomic E-state index is 0.0292. The van der Waals surface area contributed by atoms with Crippen molar-refractivity contribution in [2.45, 2.75) is 24.7 Å². The van der Waals surface area contributed by atoms with Crippen LogP contribution in [0.25, 0.3) is 0 Å². The summed E-state index contributed by atoms with van der Waals surface area (Å²) in [5.41, 5.74) is 1.29. The lowest BCUT2D eigenvalue weighted by Gasteiger charge is -2.24. The van der Waals surface area contributed by atoms with E-state index in [-0.39, 0.29) is 11.4 Å². The molecule has 0 bridgehead atoms. The maximum Gasteiger partial charge on any atom is 0.317 e. The Morgan fingerprint density at radius 1 is 1.36 bits per heavy atom. The SMILES string of the molecule is CN1CC[C@@H](CN(C)C(=O)NCC2(c3ccc4c(c3)OCO4)CC2)C1. The minimum atomic E-state index is 0.0292. The molecule has 2 amide bonds. The van der Waals surface area contributed by atoms with Crippen LogP contribution in [-0.4, -0.2) is 62.9 Å². The fourth-order valence-electron chi connectivity index (χ4n) is 3.97. The monoisotopic (exact) mass is 345 g/mol. The highest BCUT2D eigenvalue weighted by Gasteiger charge is 2.45. The minimum Gasteiger partial charge on any atom is -0.454 e. The van der Waals surface area contributed by atoms with Gasteiger partial charge in [0.1, 0.15) is 0 Å². The van der Waals surface area contributed by atoms with Crippen LogP contribution in [0.2, 0.25) is 0 Å². The molecule has 3 aliphatic rings.